The zero-order valence-corrected chi connectivity index (χ0v) is 16.0. The van der Waals surface area contributed by atoms with Gasteiger partial charge in [-0.1, -0.05) is 48.9 Å². The van der Waals surface area contributed by atoms with Crippen molar-refractivity contribution >= 4 is 17.7 Å². The fourth-order valence-corrected chi connectivity index (χ4v) is 5.06. The molecular formula is C19H25N5OS. The molecule has 4 rings (SSSR count). The average Bonchev–Trinajstić information content (AvgIpc) is 3.36. The summed E-state index contributed by atoms with van der Waals surface area (Å²) >= 11 is 1.46. The summed E-state index contributed by atoms with van der Waals surface area (Å²) in [4.78, 5) is 14.7. The van der Waals surface area contributed by atoms with E-state index in [2.05, 4.69) is 39.8 Å². The molecule has 2 aliphatic rings. The van der Waals surface area contributed by atoms with E-state index in [1.165, 1.54) is 35.7 Å². The minimum atomic E-state index is 0.137. The van der Waals surface area contributed by atoms with Gasteiger partial charge in [0.15, 0.2) is 0 Å². The number of fused-ring (bicyclic) bond motifs is 1. The second-order valence-electron chi connectivity index (χ2n) is 7.24. The molecule has 0 aliphatic heterocycles. The van der Waals surface area contributed by atoms with Gasteiger partial charge in [-0.2, -0.15) is 0 Å². The quantitative estimate of drug-likeness (QED) is 0.754. The van der Waals surface area contributed by atoms with Gasteiger partial charge in [-0.25, -0.2) is 4.68 Å². The molecule has 1 atom stereocenters. The van der Waals surface area contributed by atoms with Crippen LogP contribution in [0.1, 0.15) is 61.7 Å². The molecule has 1 fully saturated rings. The summed E-state index contributed by atoms with van der Waals surface area (Å²) in [6, 6.07) is 9.08. The average molecular weight is 372 g/mol. The van der Waals surface area contributed by atoms with Gasteiger partial charge >= 0.3 is 0 Å². The van der Waals surface area contributed by atoms with Gasteiger partial charge in [0.1, 0.15) is 0 Å². The summed E-state index contributed by atoms with van der Waals surface area (Å²) in [6.45, 7) is 0. The molecule has 0 bridgehead atoms. The first-order chi connectivity index (χ1) is 12.7. The number of thioether (sulfide) groups is 1. The Morgan fingerprint density at radius 3 is 2.88 bits per heavy atom. The summed E-state index contributed by atoms with van der Waals surface area (Å²) < 4.78 is 1.92. The van der Waals surface area contributed by atoms with Gasteiger partial charge < -0.3 is 4.90 Å². The number of carbonyl (C=O) groups is 1. The van der Waals surface area contributed by atoms with Crippen molar-refractivity contribution in [2.24, 2.45) is 0 Å². The molecule has 1 saturated carbocycles. The van der Waals surface area contributed by atoms with Crippen molar-refractivity contribution in [3.05, 3.63) is 35.4 Å². The lowest BCUT2D eigenvalue weighted by atomic mass is 9.87. The van der Waals surface area contributed by atoms with E-state index in [4.69, 9.17) is 0 Å². The maximum atomic E-state index is 12.8. The molecule has 0 spiro atoms. The van der Waals surface area contributed by atoms with Crippen molar-refractivity contribution in [1.82, 2.24) is 25.1 Å². The van der Waals surface area contributed by atoms with Crippen LogP contribution in [-0.2, 0) is 11.2 Å². The third-order valence-electron chi connectivity index (χ3n) is 5.66. The summed E-state index contributed by atoms with van der Waals surface area (Å²) in [5.41, 5.74) is 2.68. The molecule has 138 valence electrons. The normalized spacial score (nSPS) is 20.1. The molecule has 26 heavy (non-hydrogen) atoms. The van der Waals surface area contributed by atoms with Crippen molar-refractivity contribution in [1.29, 1.82) is 0 Å². The summed E-state index contributed by atoms with van der Waals surface area (Å²) in [5.74, 6) is 0.514. The van der Waals surface area contributed by atoms with Crippen LogP contribution in [0.25, 0.3) is 0 Å². The van der Waals surface area contributed by atoms with Gasteiger partial charge in [0.2, 0.25) is 11.1 Å². The Labute approximate surface area is 158 Å². The molecule has 1 aromatic carbocycles. The van der Waals surface area contributed by atoms with Gasteiger partial charge in [-0.15, -0.1) is 5.10 Å². The molecular weight excluding hydrogens is 346 g/mol. The van der Waals surface area contributed by atoms with Crippen LogP contribution in [0.5, 0.6) is 0 Å². The van der Waals surface area contributed by atoms with E-state index in [0.717, 1.165) is 37.3 Å². The molecule has 7 heteroatoms. The topological polar surface area (TPSA) is 63.9 Å². The molecule has 0 radical (unpaired) electrons. The molecule has 1 amide bonds. The largest absolute Gasteiger partial charge is 0.338 e. The first-order valence-corrected chi connectivity index (χ1v) is 10.5. The maximum Gasteiger partial charge on any atom is 0.233 e. The van der Waals surface area contributed by atoms with E-state index in [0.29, 0.717) is 11.8 Å². The molecule has 2 aromatic rings. The Morgan fingerprint density at radius 1 is 1.23 bits per heavy atom. The Balaban J connectivity index is 1.41. The highest BCUT2D eigenvalue weighted by atomic mass is 32.2. The fourth-order valence-electron chi connectivity index (χ4n) is 4.19. The van der Waals surface area contributed by atoms with Crippen LogP contribution in [0.15, 0.2) is 29.4 Å². The van der Waals surface area contributed by atoms with Crippen LogP contribution in [0, 0.1) is 0 Å². The highest BCUT2D eigenvalue weighted by molar-refractivity contribution is 7.99. The van der Waals surface area contributed by atoms with Gasteiger partial charge in [0.25, 0.3) is 0 Å². The summed E-state index contributed by atoms with van der Waals surface area (Å²) in [6.07, 6.45) is 8.00. The zero-order chi connectivity index (χ0) is 17.9. The van der Waals surface area contributed by atoms with E-state index in [9.17, 15) is 4.79 Å². The van der Waals surface area contributed by atoms with E-state index in [1.807, 2.05) is 16.6 Å². The predicted octanol–water partition coefficient (Wildman–Crippen LogP) is 3.42. The fraction of sp³-hybridized carbons (Fsp3) is 0.579. The lowest BCUT2D eigenvalue weighted by Gasteiger charge is -2.33. The van der Waals surface area contributed by atoms with Crippen LogP contribution in [-0.4, -0.2) is 43.8 Å². The van der Waals surface area contributed by atoms with Crippen molar-refractivity contribution in [3.8, 4) is 0 Å². The lowest BCUT2D eigenvalue weighted by molar-refractivity contribution is -0.129. The van der Waals surface area contributed by atoms with Gasteiger partial charge in [-0.3, -0.25) is 4.79 Å². The number of nitrogens with zero attached hydrogens (tertiary/aromatic N) is 5. The Hall–Kier alpha value is -1.89. The van der Waals surface area contributed by atoms with Crippen molar-refractivity contribution in [2.75, 3.05) is 12.8 Å². The number of rotatable bonds is 5. The van der Waals surface area contributed by atoms with Gasteiger partial charge in [-0.05, 0) is 53.7 Å². The number of aryl methyl sites for hydroxylation is 1. The van der Waals surface area contributed by atoms with E-state index in [-0.39, 0.29) is 11.9 Å². The van der Waals surface area contributed by atoms with Crippen molar-refractivity contribution < 1.29 is 4.79 Å². The zero-order valence-electron chi connectivity index (χ0n) is 15.2. The van der Waals surface area contributed by atoms with Crippen molar-refractivity contribution in [3.63, 3.8) is 0 Å². The number of benzene rings is 1. The first kappa shape index (κ1) is 17.5. The summed E-state index contributed by atoms with van der Waals surface area (Å²) in [5, 5.41) is 12.9. The van der Waals surface area contributed by atoms with E-state index >= 15 is 0 Å². The monoisotopic (exact) mass is 371 g/mol. The predicted molar refractivity (Wildman–Crippen MR) is 101 cm³/mol. The molecule has 1 heterocycles. The maximum absolute atomic E-state index is 12.8. The first-order valence-electron chi connectivity index (χ1n) is 9.48. The minimum absolute atomic E-state index is 0.137. The van der Waals surface area contributed by atoms with Crippen LogP contribution in [0.3, 0.4) is 0 Å². The highest BCUT2D eigenvalue weighted by Gasteiger charge is 2.27. The van der Waals surface area contributed by atoms with Crippen LogP contribution in [0.4, 0.5) is 0 Å². The smallest absolute Gasteiger partial charge is 0.233 e. The number of hydrogen-bond donors (Lipinski definition) is 0. The highest BCUT2D eigenvalue weighted by Crippen LogP contribution is 2.34. The van der Waals surface area contributed by atoms with E-state index in [1.54, 1.807) is 0 Å². The third-order valence-corrected chi connectivity index (χ3v) is 6.57. The van der Waals surface area contributed by atoms with Crippen molar-refractivity contribution in [2.45, 2.75) is 62.2 Å². The number of amides is 1. The Kier molecular flexibility index (Phi) is 5.24. The second kappa shape index (κ2) is 7.78. The molecule has 0 saturated heterocycles. The number of tetrazole rings is 1. The second-order valence-corrected chi connectivity index (χ2v) is 8.19. The van der Waals surface area contributed by atoms with Crippen LogP contribution >= 0.6 is 11.8 Å². The summed E-state index contributed by atoms with van der Waals surface area (Å²) in [7, 11) is 1.93. The van der Waals surface area contributed by atoms with Crippen LogP contribution in [0.2, 0.25) is 0 Å². The molecule has 0 unspecified atom stereocenters. The van der Waals surface area contributed by atoms with Gasteiger partial charge in [0.05, 0.1) is 17.8 Å². The number of hydrogen-bond acceptors (Lipinski definition) is 5. The molecule has 0 N–H and O–H groups in total. The Morgan fingerprint density at radius 2 is 2.04 bits per heavy atom. The SMILES string of the molecule is CN(C(=O)CSc1nnnn1C1CCCC1)[C@@H]1CCCc2ccccc21. The van der Waals surface area contributed by atoms with E-state index < -0.39 is 0 Å². The van der Waals surface area contributed by atoms with Crippen LogP contribution < -0.4 is 0 Å². The minimum Gasteiger partial charge on any atom is -0.338 e. The third kappa shape index (κ3) is 3.49. The molecule has 6 nitrogen and oxygen atoms in total. The van der Waals surface area contributed by atoms with Gasteiger partial charge in [0, 0.05) is 7.05 Å². The standard InChI is InChI=1S/C19H25N5OS/c1-23(17-12-6-8-14-7-2-5-11-16(14)17)18(25)13-26-19-20-21-22-24(19)15-9-3-4-10-15/h2,5,7,11,15,17H,3-4,6,8-10,12-13H2,1H3/t17-/m1/s1. The molecule has 2 aliphatic carbocycles. The number of aromatic nitrogens is 4. The Bertz CT molecular complexity index is 771. The molecule has 1 aromatic heterocycles. The number of carbonyl (C=O) groups excluding carboxylic acids is 1. The lowest BCUT2D eigenvalue weighted by Crippen LogP contribution is -2.34.